The largest absolute Gasteiger partial charge is 2.00 e. The standard InChI is InChI=1S/2C17H22O2.Mg/c2*1-16(2)14(11-12-17(16,3)15(18)19)10-9-13-7-5-4-6-8-13;/h2*4-10,14H,11-12H2,1-3H3,(H,18,19);/q;;+2/p-2/b2*10-9+;. The second kappa shape index (κ2) is 12.9. The maximum Gasteiger partial charge on any atom is 2.00 e. The van der Waals surface area contributed by atoms with Crippen LogP contribution in [0.5, 0.6) is 0 Å². The van der Waals surface area contributed by atoms with Crippen LogP contribution < -0.4 is 10.2 Å². The molecule has 0 aliphatic heterocycles. The number of aliphatic carboxylic acids is 2. The van der Waals surface area contributed by atoms with Crippen LogP contribution in [0.4, 0.5) is 0 Å². The molecule has 0 radical (unpaired) electrons. The molecule has 2 aromatic rings. The third-order valence-electron chi connectivity index (χ3n) is 10.2. The van der Waals surface area contributed by atoms with Crippen LogP contribution in [-0.2, 0) is 9.59 Å². The molecule has 0 aromatic heterocycles. The fourth-order valence-electron chi connectivity index (χ4n) is 6.06. The van der Waals surface area contributed by atoms with E-state index < -0.39 is 22.8 Å². The predicted molar refractivity (Wildman–Crippen MR) is 156 cm³/mol. The van der Waals surface area contributed by atoms with E-state index in [0.717, 1.165) is 24.0 Å². The van der Waals surface area contributed by atoms with Crippen molar-refractivity contribution in [3.8, 4) is 0 Å². The summed E-state index contributed by atoms with van der Waals surface area (Å²) < 4.78 is 0. The molecule has 2 aromatic carbocycles. The third kappa shape index (κ3) is 6.69. The molecule has 5 heteroatoms. The van der Waals surface area contributed by atoms with Gasteiger partial charge in [0.05, 0.1) is 0 Å². The number of allylic oxidation sites excluding steroid dienone is 2. The zero-order valence-electron chi connectivity index (χ0n) is 24.4. The molecule has 0 saturated heterocycles. The molecule has 2 aliphatic carbocycles. The zero-order valence-corrected chi connectivity index (χ0v) is 25.8. The molecule has 0 N–H and O–H groups in total. The van der Waals surface area contributed by atoms with E-state index in [4.69, 9.17) is 0 Å². The van der Waals surface area contributed by atoms with Gasteiger partial charge in [-0.2, -0.15) is 0 Å². The fraction of sp³-hybridized carbons (Fsp3) is 0.471. The minimum Gasteiger partial charge on any atom is -0.550 e. The normalized spacial score (nSPS) is 29.0. The topological polar surface area (TPSA) is 80.3 Å². The summed E-state index contributed by atoms with van der Waals surface area (Å²) in [6, 6.07) is 20.2. The second-order valence-corrected chi connectivity index (χ2v) is 12.5. The van der Waals surface area contributed by atoms with Gasteiger partial charge in [-0.25, -0.2) is 0 Å². The van der Waals surface area contributed by atoms with Crippen molar-refractivity contribution in [2.45, 2.75) is 67.2 Å². The van der Waals surface area contributed by atoms with Crippen molar-refractivity contribution in [2.75, 3.05) is 0 Å². The van der Waals surface area contributed by atoms with Gasteiger partial charge in [0.1, 0.15) is 0 Å². The maximum atomic E-state index is 11.4. The molecule has 0 heterocycles. The Morgan fingerprint density at radius 1 is 0.641 bits per heavy atom. The molecule has 2 aliphatic rings. The fourth-order valence-corrected chi connectivity index (χ4v) is 6.06. The average Bonchev–Trinajstić information content (AvgIpc) is 3.26. The van der Waals surface area contributed by atoms with Crippen LogP contribution in [0, 0.1) is 33.5 Å². The van der Waals surface area contributed by atoms with E-state index in [1.807, 2.05) is 77.9 Å². The molecule has 39 heavy (non-hydrogen) atoms. The number of rotatable bonds is 6. The maximum absolute atomic E-state index is 11.4. The Kier molecular flexibility index (Phi) is 10.8. The Bertz CT molecular complexity index is 1070. The van der Waals surface area contributed by atoms with Crippen LogP contribution in [0.3, 0.4) is 0 Å². The number of carboxylic acid groups (broad SMARTS) is 2. The summed E-state index contributed by atoms with van der Waals surface area (Å²) in [5.74, 6) is -1.30. The van der Waals surface area contributed by atoms with Crippen LogP contribution in [0.1, 0.15) is 78.4 Å². The molecular weight excluding hydrogens is 497 g/mol. The monoisotopic (exact) mass is 538 g/mol. The van der Waals surface area contributed by atoms with Crippen LogP contribution in [0.25, 0.3) is 12.2 Å². The summed E-state index contributed by atoms with van der Waals surface area (Å²) in [6.45, 7) is 11.8. The van der Waals surface area contributed by atoms with Crippen LogP contribution >= 0.6 is 0 Å². The molecule has 204 valence electrons. The van der Waals surface area contributed by atoms with Crippen molar-refractivity contribution in [3.05, 3.63) is 83.9 Å². The molecule has 4 nitrogen and oxygen atoms in total. The van der Waals surface area contributed by atoms with Gasteiger partial charge < -0.3 is 19.8 Å². The van der Waals surface area contributed by atoms with E-state index in [0.29, 0.717) is 12.8 Å². The number of hydrogen-bond acceptors (Lipinski definition) is 4. The van der Waals surface area contributed by atoms with E-state index in [2.05, 4.69) is 48.6 Å². The smallest absolute Gasteiger partial charge is 0.550 e. The van der Waals surface area contributed by atoms with E-state index in [1.54, 1.807) is 0 Å². The van der Waals surface area contributed by atoms with Crippen LogP contribution in [-0.4, -0.2) is 35.0 Å². The van der Waals surface area contributed by atoms with Crippen molar-refractivity contribution in [1.82, 2.24) is 0 Å². The molecule has 0 spiro atoms. The van der Waals surface area contributed by atoms with Gasteiger partial charge in [-0.3, -0.25) is 0 Å². The summed E-state index contributed by atoms with van der Waals surface area (Å²) in [5, 5.41) is 22.8. The molecule has 0 bridgehead atoms. The third-order valence-corrected chi connectivity index (χ3v) is 10.2. The summed E-state index contributed by atoms with van der Waals surface area (Å²) in [6.07, 6.45) is 11.7. The van der Waals surface area contributed by atoms with Gasteiger partial charge in [-0.15, -0.1) is 0 Å². The molecule has 0 amide bonds. The van der Waals surface area contributed by atoms with E-state index in [9.17, 15) is 19.8 Å². The van der Waals surface area contributed by atoms with Crippen molar-refractivity contribution in [3.63, 3.8) is 0 Å². The molecule has 2 fully saturated rings. The number of carboxylic acids is 2. The molecular formula is C34H42MgO4. The summed E-state index contributed by atoms with van der Waals surface area (Å²) >= 11 is 0. The van der Waals surface area contributed by atoms with Gasteiger partial charge in [0.25, 0.3) is 0 Å². The van der Waals surface area contributed by atoms with Crippen molar-refractivity contribution in [1.29, 1.82) is 0 Å². The van der Waals surface area contributed by atoms with Gasteiger partial charge >= 0.3 is 23.1 Å². The second-order valence-electron chi connectivity index (χ2n) is 12.5. The first kappa shape index (κ1) is 32.8. The van der Waals surface area contributed by atoms with Crippen molar-refractivity contribution in [2.24, 2.45) is 33.5 Å². The Balaban J connectivity index is 0.000000267. The Morgan fingerprint density at radius 3 is 1.21 bits per heavy atom. The quantitative estimate of drug-likeness (QED) is 0.461. The van der Waals surface area contributed by atoms with Gasteiger partial charge in [-0.05, 0) is 59.5 Å². The number of carbonyl (C=O) groups is 2. The Labute approximate surface area is 250 Å². The first-order chi connectivity index (χ1) is 17.8. The van der Waals surface area contributed by atoms with Gasteiger partial charge in [-0.1, -0.05) is 127 Å². The van der Waals surface area contributed by atoms with Crippen LogP contribution in [0.15, 0.2) is 72.8 Å². The minimum absolute atomic E-state index is 0. The van der Waals surface area contributed by atoms with Gasteiger partial charge in [0.15, 0.2) is 0 Å². The molecule has 2 saturated carbocycles. The molecule has 4 rings (SSSR count). The minimum atomic E-state index is -0.923. The van der Waals surface area contributed by atoms with Crippen LogP contribution in [0.2, 0.25) is 0 Å². The summed E-state index contributed by atoms with van der Waals surface area (Å²) in [7, 11) is 0. The number of carbonyl (C=O) groups excluding carboxylic acids is 2. The average molecular weight is 539 g/mol. The predicted octanol–water partition coefficient (Wildman–Crippen LogP) is 5.40. The first-order valence-corrected chi connectivity index (χ1v) is 13.6. The van der Waals surface area contributed by atoms with Gasteiger partial charge in [0.2, 0.25) is 0 Å². The summed E-state index contributed by atoms with van der Waals surface area (Å²) in [4.78, 5) is 22.8. The zero-order chi connectivity index (χ0) is 28.2. The molecule has 4 unspecified atom stereocenters. The van der Waals surface area contributed by atoms with E-state index in [-0.39, 0.29) is 45.7 Å². The van der Waals surface area contributed by atoms with E-state index >= 15 is 0 Å². The summed E-state index contributed by atoms with van der Waals surface area (Å²) in [5.41, 5.74) is 0.270. The molecule has 4 atom stereocenters. The number of benzene rings is 2. The van der Waals surface area contributed by atoms with Crippen molar-refractivity contribution < 1.29 is 19.8 Å². The van der Waals surface area contributed by atoms with E-state index in [1.165, 1.54) is 0 Å². The Morgan fingerprint density at radius 2 is 0.949 bits per heavy atom. The number of hydrogen-bond donors (Lipinski definition) is 0. The van der Waals surface area contributed by atoms with Crippen molar-refractivity contribution >= 4 is 47.1 Å². The van der Waals surface area contributed by atoms with Gasteiger partial charge in [0, 0.05) is 22.8 Å². The first-order valence-electron chi connectivity index (χ1n) is 13.6. The SMILES string of the molecule is CC1(C(=O)[O-])CCC(/C=C/c2ccccc2)C1(C)C.CC1(C(=O)[O-])CCC(/C=C/c2ccccc2)C1(C)C.[Mg+2]. The Hall–Kier alpha value is -2.37.